The van der Waals surface area contributed by atoms with E-state index in [0.29, 0.717) is 16.4 Å². The molecule has 1 aliphatic rings. The molecule has 0 N–H and O–H groups in total. The highest BCUT2D eigenvalue weighted by molar-refractivity contribution is 7.89. The van der Waals surface area contributed by atoms with E-state index in [0.717, 1.165) is 11.1 Å². The van der Waals surface area contributed by atoms with Gasteiger partial charge in [-0.1, -0.05) is 24.3 Å². The molecule has 0 saturated carbocycles. The predicted molar refractivity (Wildman–Crippen MR) is 82.4 cm³/mol. The summed E-state index contributed by atoms with van der Waals surface area (Å²) >= 11 is 0. The highest BCUT2D eigenvalue weighted by Crippen LogP contribution is 2.33. The van der Waals surface area contributed by atoms with E-state index in [2.05, 4.69) is 0 Å². The third kappa shape index (κ3) is 2.67. The maximum atomic E-state index is 12.7. The summed E-state index contributed by atoms with van der Waals surface area (Å²) in [4.78, 5) is 0.332. The van der Waals surface area contributed by atoms with Crippen molar-refractivity contribution in [3.63, 3.8) is 0 Å². The van der Waals surface area contributed by atoms with Crippen molar-refractivity contribution in [3.8, 4) is 11.5 Å². The standard InChI is InChI=1S/C16H17NO4S/c1-12-5-3-4-6-16(12)22(18,19)17(2)10-13-7-8-14-15(9-13)21-11-20-14/h3-9H,10-11H2,1-2H3. The average molecular weight is 319 g/mol. The average Bonchev–Trinajstić information content (AvgIpc) is 2.95. The molecule has 1 heterocycles. The fraction of sp³-hybridized carbons (Fsp3) is 0.250. The first kappa shape index (κ1) is 14.9. The first-order valence-corrected chi connectivity index (χ1v) is 8.33. The molecule has 0 amide bonds. The van der Waals surface area contributed by atoms with Gasteiger partial charge in [-0.25, -0.2) is 8.42 Å². The number of hydrogen-bond donors (Lipinski definition) is 0. The number of aryl methyl sites for hydroxylation is 1. The summed E-state index contributed by atoms with van der Waals surface area (Å²) in [6.07, 6.45) is 0. The number of benzene rings is 2. The number of fused-ring (bicyclic) bond motifs is 1. The van der Waals surface area contributed by atoms with Gasteiger partial charge in [-0.3, -0.25) is 0 Å². The molecule has 0 saturated heterocycles. The lowest BCUT2D eigenvalue weighted by molar-refractivity contribution is 0.174. The van der Waals surface area contributed by atoms with Gasteiger partial charge >= 0.3 is 0 Å². The Bertz CT molecular complexity index is 802. The molecule has 0 radical (unpaired) electrons. The van der Waals surface area contributed by atoms with Crippen LogP contribution >= 0.6 is 0 Å². The molecular weight excluding hydrogens is 302 g/mol. The van der Waals surface area contributed by atoms with Crippen LogP contribution in [-0.2, 0) is 16.6 Å². The summed E-state index contributed by atoms with van der Waals surface area (Å²) < 4.78 is 37.2. The second-order valence-electron chi connectivity index (χ2n) is 5.21. The van der Waals surface area contributed by atoms with Crippen molar-refractivity contribution < 1.29 is 17.9 Å². The Kier molecular flexibility index (Phi) is 3.80. The SMILES string of the molecule is Cc1ccccc1S(=O)(=O)N(C)Cc1ccc2c(c1)OCO2. The summed E-state index contributed by atoms with van der Waals surface area (Å²) in [5, 5.41) is 0. The number of hydrogen-bond acceptors (Lipinski definition) is 4. The number of rotatable bonds is 4. The molecule has 5 nitrogen and oxygen atoms in total. The minimum Gasteiger partial charge on any atom is -0.454 e. The second-order valence-corrected chi connectivity index (χ2v) is 7.23. The molecule has 0 unspecified atom stereocenters. The maximum absolute atomic E-state index is 12.7. The van der Waals surface area contributed by atoms with Gasteiger partial charge in [0.25, 0.3) is 0 Å². The van der Waals surface area contributed by atoms with Gasteiger partial charge in [0, 0.05) is 13.6 Å². The van der Waals surface area contributed by atoms with Gasteiger partial charge in [-0.05, 0) is 36.2 Å². The van der Waals surface area contributed by atoms with Crippen molar-refractivity contribution in [1.29, 1.82) is 0 Å². The van der Waals surface area contributed by atoms with Gasteiger partial charge in [0.05, 0.1) is 4.90 Å². The zero-order valence-electron chi connectivity index (χ0n) is 12.4. The molecule has 2 aromatic carbocycles. The van der Waals surface area contributed by atoms with Gasteiger partial charge in [-0.15, -0.1) is 0 Å². The third-order valence-corrected chi connectivity index (χ3v) is 5.59. The van der Waals surface area contributed by atoms with E-state index >= 15 is 0 Å². The van der Waals surface area contributed by atoms with Gasteiger partial charge in [0.1, 0.15) is 0 Å². The van der Waals surface area contributed by atoms with Crippen molar-refractivity contribution in [2.75, 3.05) is 13.8 Å². The molecule has 2 aromatic rings. The van der Waals surface area contributed by atoms with Gasteiger partial charge in [0.2, 0.25) is 16.8 Å². The quantitative estimate of drug-likeness (QED) is 0.869. The molecule has 22 heavy (non-hydrogen) atoms. The largest absolute Gasteiger partial charge is 0.454 e. The highest BCUT2D eigenvalue weighted by Gasteiger charge is 2.23. The molecule has 1 aliphatic heterocycles. The topological polar surface area (TPSA) is 55.8 Å². The van der Waals surface area contributed by atoms with E-state index < -0.39 is 10.0 Å². The van der Waals surface area contributed by atoms with Crippen LogP contribution in [0, 0.1) is 6.92 Å². The van der Waals surface area contributed by atoms with Crippen LogP contribution in [0.2, 0.25) is 0 Å². The summed E-state index contributed by atoms with van der Waals surface area (Å²) in [7, 11) is -1.94. The zero-order chi connectivity index (χ0) is 15.7. The molecule has 6 heteroatoms. The molecule has 0 spiro atoms. The minimum atomic E-state index is -3.52. The van der Waals surface area contributed by atoms with Crippen molar-refractivity contribution in [2.24, 2.45) is 0 Å². The monoisotopic (exact) mass is 319 g/mol. The van der Waals surface area contributed by atoms with E-state index in [1.54, 1.807) is 38.2 Å². The van der Waals surface area contributed by atoms with Crippen LogP contribution in [0.4, 0.5) is 0 Å². The Morgan fingerprint density at radius 2 is 1.82 bits per heavy atom. The molecule has 3 rings (SSSR count). The summed E-state index contributed by atoms with van der Waals surface area (Å²) in [6.45, 7) is 2.27. The first-order valence-electron chi connectivity index (χ1n) is 6.89. The van der Waals surface area contributed by atoms with E-state index in [1.165, 1.54) is 4.31 Å². The summed E-state index contributed by atoms with van der Waals surface area (Å²) in [5.41, 5.74) is 1.59. The van der Waals surface area contributed by atoms with Crippen LogP contribution in [-0.4, -0.2) is 26.6 Å². The van der Waals surface area contributed by atoms with Gasteiger partial charge < -0.3 is 9.47 Å². The van der Waals surface area contributed by atoms with Crippen LogP contribution in [0.1, 0.15) is 11.1 Å². The molecule has 0 aromatic heterocycles. The van der Waals surface area contributed by atoms with Crippen molar-refractivity contribution in [3.05, 3.63) is 53.6 Å². The second kappa shape index (κ2) is 5.62. The Labute approximate surface area is 130 Å². The fourth-order valence-electron chi connectivity index (χ4n) is 2.40. The Morgan fingerprint density at radius 3 is 2.59 bits per heavy atom. The first-order chi connectivity index (χ1) is 10.5. The van der Waals surface area contributed by atoms with Crippen molar-refractivity contribution in [1.82, 2.24) is 4.31 Å². The zero-order valence-corrected chi connectivity index (χ0v) is 13.3. The van der Waals surface area contributed by atoms with E-state index in [1.807, 2.05) is 18.2 Å². The number of ether oxygens (including phenoxy) is 2. The van der Waals surface area contributed by atoms with E-state index in [-0.39, 0.29) is 13.3 Å². The van der Waals surface area contributed by atoms with Crippen LogP contribution in [0.3, 0.4) is 0 Å². The van der Waals surface area contributed by atoms with Crippen molar-refractivity contribution in [2.45, 2.75) is 18.4 Å². The molecule has 0 fully saturated rings. The fourth-order valence-corrected chi connectivity index (χ4v) is 3.78. The predicted octanol–water partition coefficient (Wildman–Crippen LogP) is 2.54. The van der Waals surface area contributed by atoms with Crippen molar-refractivity contribution >= 4 is 10.0 Å². The summed E-state index contributed by atoms with van der Waals surface area (Å²) in [5.74, 6) is 1.34. The minimum absolute atomic E-state index is 0.204. The smallest absolute Gasteiger partial charge is 0.243 e. The van der Waals surface area contributed by atoms with Crippen LogP contribution in [0.5, 0.6) is 11.5 Å². The van der Waals surface area contributed by atoms with Crippen LogP contribution < -0.4 is 9.47 Å². The lowest BCUT2D eigenvalue weighted by Crippen LogP contribution is -2.27. The van der Waals surface area contributed by atoms with E-state index in [4.69, 9.17) is 9.47 Å². The van der Waals surface area contributed by atoms with Gasteiger partial charge in [0.15, 0.2) is 11.5 Å². The Balaban J connectivity index is 1.85. The van der Waals surface area contributed by atoms with Crippen LogP contribution in [0.25, 0.3) is 0 Å². The maximum Gasteiger partial charge on any atom is 0.243 e. The van der Waals surface area contributed by atoms with Gasteiger partial charge in [-0.2, -0.15) is 4.31 Å². The summed E-state index contributed by atoms with van der Waals surface area (Å²) in [6, 6.07) is 12.4. The van der Waals surface area contributed by atoms with E-state index in [9.17, 15) is 8.42 Å². The molecule has 0 bridgehead atoms. The molecule has 0 aliphatic carbocycles. The highest BCUT2D eigenvalue weighted by atomic mass is 32.2. The lowest BCUT2D eigenvalue weighted by atomic mass is 10.2. The van der Waals surface area contributed by atoms with Crippen LogP contribution in [0.15, 0.2) is 47.4 Å². The molecular formula is C16H17NO4S. The number of sulfonamides is 1. The third-order valence-electron chi connectivity index (χ3n) is 3.62. The normalized spacial score (nSPS) is 13.6. The Morgan fingerprint density at radius 1 is 1.09 bits per heavy atom. The molecule has 0 atom stereocenters. The number of nitrogens with zero attached hydrogens (tertiary/aromatic N) is 1. The molecule has 116 valence electrons. The Hall–Kier alpha value is -2.05. The lowest BCUT2D eigenvalue weighted by Gasteiger charge is -2.18.